The fourth-order valence-electron chi connectivity index (χ4n) is 2.73. The minimum absolute atomic E-state index is 0.0762. The number of benzene rings is 2. The lowest BCUT2D eigenvalue weighted by molar-refractivity contribution is -0.385. The first-order valence-corrected chi connectivity index (χ1v) is 9.33. The van der Waals surface area contributed by atoms with Gasteiger partial charge in [0.2, 0.25) is 5.82 Å². The topological polar surface area (TPSA) is 91.3 Å². The summed E-state index contributed by atoms with van der Waals surface area (Å²) < 4.78 is 11.2. The Bertz CT molecular complexity index is 1120. The molecular weight excluding hydrogens is 378 g/mol. The number of aromatic nitrogens is 2. The van der Waals surface area contributed by atoms with Gasteiger partial charge in [-0.25, -0.2) is 0 Å². The highest BCUT2D eigenvalue weighted by molar-refractivity contribution is 7.13. The van der Waals surface area contributed by atoms with E-state index in [-0.39, 0.29) is 5.69 Å². The summed E-state index contributed by atoms with van der Waals surface area (Å²) in [5.74, 6) is 1.58. The predicted octanol–water partition coefficient (Wildman–Crippen LogP) is 5.26. The minimum atomic E-state index is -0.405. The van der Waals surface area contributed by atoms with Crippen molar-refractivity contribution in [2.24, 2.45) is 0 Å². The first kappa shape index (κ1) is 17.9. The summed E-state index contributed by atoms with van der Waals surface area (Å²) in [6, 6.07) is 16.2. The van der Waals surface area contributed by atoms with Gasteiger partial charge in [0, 0.05) is 17.2 Å². The molecule has 0 aliphatic rings. The molecule has 0 aliphatic heterocycles. The van der Waals surface area contributed by atoms with Crippen LogP contribution in [0.3, 0.4) is 0 Å². The summed E-state index contributed by atoms with van der Waals surface area (Å²) in [7, 11) is 0. The first-order chi connectivity index (χ1) is 13.6. The lowest BCUT2D eigenvalue weighted by atomic mass is 10.1. The van der Waals surface area contributed by atoms with E-state index in [4.69, 9.17) is 9.26 Å². The predicted molar refractivity (Wildman–Crippen MR) is 105 cm³/mol. The van der Waals surface area contributed by atoms with E-state index >= 15 is 0 Å². The van der Waals surface area contributed by atoms with Gasteiger partial charge in [-0.05, 0) is 48.2 Å². The van der Waals surface area contributed by atoms with Crippen molar-refractivity contribution < 1.29 is 14.2 Å². The number of hydrogen-bond donors (Lipinski definition) is 0. The molecular formula is C20H15N3O4S. The fraction of sp³-hybridized carbons (Fsp3) is 0.100. The molecule has 28 heavy (non-hydrogen) atoms. The molecule has 0 bridgehead atoms. The quantitative estimate of drug-likeness (QED) is 0.328. The molecule has 0 amide bonds. The van der Waals surface area contributed by atoms with Crippen LogP contribution in [-0.2, 0) is 6.61 Å². The number of thiophene rings is 1. The molecule has 4 aromatic rings. The van der Waals surface area contributed by atoms with E-state index in [1.54, 1.807) is 30.4 Å². The molecule has 8 heteroatoms. The molecule has 2 aromatic heterocycles. The zero-order valence-electron chi connectivity index (χ0n) is 14.9. The van der Waals surface area contributed by atoms with Gasteiger partial charge in [0.1, 0.15) is 12.4 Å². The Kier molecular flexibility index (Phi) is 4.86. The van der Waals surface area contributed by atoms with Crippen molar-refractivity contribution in [2.75, 3.05) is 0 Å². The van der Waals surface area contributed by atoms with Crippen LogP contribution in [0.4, 0.5) is 5.69 Å². The van der Waals surface area contributed by atoms with Crippen LogP contribution in [0.25, 0.3) is 22.2 Å². The van der Waals surface area contributed by atoms with Crippen LogP contribution in [0.2, 0.25) is 0 Å². The van der Waals surface area contributed by atoms with Gasteiger partial charge in [-0.15, -0.1) is 11.3 Å². The highest BCUT2D eigenvalue weighted by Crippen LogP contribution is 2.27. The molecule has 0 fully saturated rings. The van der Waals surface area contributed by atoms with Crippen molar-refractivity contribution >= 4 is 17.0 Å². The smallest absolute Gasteiger partial charge is 0.272 e. The van der Waals surface area contributed by atoms with Crippen molar-refractivity contribution in [3.8, 4) is 27.9 Å². The molecule has 4 rings (SSSR count). The number of ether oxygens (including phenoxy) is 1. The molecule has 0 saturated heterocycles. The van der Waals surface area contributed by atoms with E-state index in [1.165, 1.54) is 6.07 Å². The SMILES string of the molecule is Cc1cc(OCc2cccc(-c3nc(-c4cccs4)no3)c2)ccc1[N+](=O)[O-]. The molecule has 140 valence electrons. The molecule has 0 atom stereocenters. The van der Waals surface area contributed by atoms with Crippen LogP contribution in [-0.4, -0.2) is 15.1 Å². The average molecular weight is 393 g/mol. The molecule has 0 spiro atoms. The van der Waals surface area contributed by atoms with Gasteiger partial charge in [-0.2, -0.15) is 4.98 Å². The van der Waals surface area contributed by atoms with Crippen molar-refractivity contribution in [2.45, 2.75) is 13.5 Å². The summed E-state index contributed by atoms with van der Waals surface area (Å²) in [5.41, 5.74) is 2.36. The molecule has 0 radical (unpaired) electrons. The lowest BCUT2D eigenvalue weighted by Crippen LogP contribution is -1.97. The van der Waals surface area contributed by atoms with Crippen molar-refractivity contribution in [3.63, 3.8) is 0 Å². The van der Waals surface area contributed by atoms with E-state index in [0.29, 0.717) is 29.6 Å². The third kappa shape index (κ3) is 3.77. The second-order valence-electron chi connectivity index (χ2n) is 6.09. The van der Waals surface area contributed by atoms with Crippen molar-refractivity contribution in [1.82, 2.24) is 10.1 Å². The maximum atomic E-state index is 10.9. The van der Waals surface area contributed by atoms with Gasteiger partial charge < -0.3 is 9.26 Å². The number of nitrogens with zero attached hydrogens (tertiary/aromatic N) is 3. The monoisotopic (exact) mass is 393 g/mol. The largest absolute Gasteiger partial charge is 0.489 e. The lowest BCUT2D eigenvalue weighted by Gasteiger charge is -2.08. The van der Waals surface area contributed by atoms with Crippen LogP contribution in [0.5, 0.6) is 5.75 Å². The van der Waals surface area contributed by atoms with E-state index in [9.17, 15) is 10.1 Å². The molecule has 0 saturated carbocycles. The van der Waals surface area contributed by atoms with Crippen LogP contribution in [0.15, 0.2) is 64.5 Å². The zero-order valence-corrected chi connectivity index (χ0v) is 15.7. The maximum absolute atomic E-state index is 10.9. The highest BCUT2D eigenvalue weighted by Gasteiger charge is 2.13. The van der Waals surface area contributed by atoms with Crippen molar-refractivity contribution in [3.05, 3.63) is 81.2 Å². The van der Waals surface area contributed by atoms with E-state index in [0.717, 1.165) is 16.0 Å². The van der Waals surface area contributed by atoms with E-state index < -0.39 is 4.92 Å². The van der Waals surface area contributed by atoms with Crippen molar-refractivity contribution in [1.29, 1.82) is 0 Å². The summed E-state index contributed by atoms with van der Waals surface area (Å²) in [5, 5.41) is 16.9. The van der Waals surface area contributed by atoms with E-state index in [1.807, 2.05) is 41.8 Å². The highest BCUT2D eigenvalue weighted by atomic mass is 32.1. The van der Waals surface area contributed by atoms with Gasteiger partial charge in [0.05, 0.1) is 9.80 Å². The Hall–Kier alpha value is -3.52. The Balaban J connectivity index is 1.49. The molecule has 2 aromatic carbocycles. The number of hydrogen-bond acceptors (Lipinski definition) is 7. The summed E-state index contributed by atoms with van der Waals surface area (Å²) >= 11 is 1.55. The maximum Gasteiger partial charge on any atom is 0.272 e. The Morgan fingerprint density at radius 2 is 2.07 bits per heavy atom. The summed E-state index contributed by atoms with van der Waals surface area (Å²) in [6.07, 6.45) is 0. The Morgan fingerprint density at radius 1 is 1.18 bits per heavy atom. The van der Waals surface area contributed by atoms with Crippen LogP contribution >= 0.6 is 11.3 Å². The standard InChI is InChI=1S/C20H15N3O4S/c1-13-10-16(7-8-17(13)23(24)25)26-12-14-4-2-5-15(11-14)20-21-19(22-27-20)18-6-3-9-28-18/h2-11H,12H2,1H3. The van der Waals surface area contributed by atoms with E-state index in [2.05, 4.69) is 10.1 Å². The molecule has 7 nitrogen and oxygen atoms in total. The molecule has 0 aliphatic carbocycles. The Morgan fingerprint density at radius 3 is 2.82 bits per heavy atom. The van der Waals surface area contributed by atoms with Gasteiger partial charge in [-0.3, -0.25) is 10.1 Å². The third-order valence-electron chi connectivity index (χ3n) is 4.11. The molecule has 0 unspecified atom stereocenters. The normalized spacial score (nSPS) is 10.8. The summed E-state index contributed by atoms with van der Waals surface area (Å²) in [4.78, 5) is 15.9. The first-order valence-electron chi connectivity index (χ1n) is 8.45. The average Bonchev–Trinajstić information content (AvgIpc) is 3.38. The number of aryl methyl sites for hydroxylation is 1. The number of nitro groups is 1. The second kappa shape index (κ2) is 7.61. The van der Waals surface area contributed by atoms with Gasteiger partial charge in [-0.1, -0.05) is 23.4 Å². The number of nitro benzene ring substituents is 1. The second-order valence-corrected chi connectivity index (χ2v) is 7.04. The van der Waals surface area contributed by atoms with Gasteiger partial charge >= 0.3 is 0 Å². The van der Waals surface area contributed by atoms with Crippen LogP contribution in [0, 0.1) is 17.0 Å². The minimum Gasteiger partial charge on any atom is -0.489 e. The van der Waals surface area contributed by atoms with Gasteiger partial charge in [0.25, 0.3) is 11.6 Å². The van der Waals surface area contributed by atoms with Crippen LogP contribution < -0.4 is 4.74 Å². The third-order valence-corrected chi connectivity index (χ3v) is 4.98. The zero-order chi connectivity index (χ0) is 19.5. The van der Waals surface area contributed by atoms with Gasteiger partial charge in [0.15, 0.2) is 0 Å². The fourth-order valence-corrected chi connectivity index (χ4v) is 3.38. The molecule has 0 N–H and O–H groups in total. The number of rotatable bonds is 6. The molecule has 2 heterocycles. The van der Waals surface area contributed by atoms with Crippen LogP contribution in [0.1, 0.15) is 11.1 Å². The summed E-state index contributed by atoms with van der Waals surface area (Å²) in [6.45, 7) is 2.00. The Labute approximate surface area is 164 Å².